The fraction of sp³-hybridized carbons (Fsp3) is 0.353. The minimum absolute atomic E-state index is 0.0730. The van der Waals surface area contributed by atoms with E-state index < -0.39 is 6.04 Å². The van der Waals surface area contributed by atoms with Crippen molar-refractivity contribution < 1.29 is 9.90 Å². The average molecular weight is 344 g/mol. The summed E-state index contributed by atoms with van der Waals surface area (Å²) < 4.78 is 0. The van der Waals surface area contributed by atoms with Gasteiger partial charge in [-0.05, 0) is 24.3 Å². The van der Waals surface area contributed by atoms with Crippen LogP contribution in [-0.4, -0.2) is 29.1 Å². The molecule has 6 nitrogen and oxygen atoms in total. The average Bonchev–Trinajstić information content (AvgIpc) is 3.08. The van der Waals surface area contributed by atoms with Crippen LogP contribution in [-0.2, 0) is 4.79 Å². The number of hydrogen-bond acceptors (Lipinski definition) is 6. The Balaban J connectivity index is 1.90. The molecule has 0 aliphatic carbocycles. The van der Waals surface area contributed by atoms with E-state index in [2.05, 4.69) is 29.5 Å². The second-order valence-corrected chi connectivity index (χ2v) is 6.50. The van der Waals surface area contributed by atoms with E-state index >= 15 is 0 Å². The normalized spacial score (nSPS) is 11.8. The Labute approximate surface area is 145 Å². The lowest BCUT2D eigenvalue weighted by molar-refractivity contribution is -0.120. The molecule has 0 unspecified atom stereocenters. The van der Waals surface area contributed by atoms with E-state index in [0.29, 0.717) is 17.2 Å². The van der Waals surface area contributed by atoms with Crippen molar-refractivity contribution in [3.05, 3.63) is 45.9 Å². The first kappa shape index (κ1) is 17.9. The van der Waals surface area contributed by atoms with Gasteiger partial charge in [0.2, 0.25) is 5.91 Å². The van der Waals surface area contributed by atoms with Gasteiger partial charge in [0.25, 0.3) is 0 Å². The molecule has 24 heavy (non-hydrogen) atoms. The minimum Gasteiger partial charge on any atom is -0.394 e. The van der Waals surface area contributed by atoms with E-state index in [1.165, 1.54) is 11.3 Å². The lowest BCUT2D eigenvalue weighted by atomic mass is 10.2. The third-order valence-electron chi connectivity index (χ3n) is 3.38. The molecule has 0 aliphatic heterocycles. The van der Waals surface area contributed by atoms with Gasteiger partial charge in [0.1, 0.15) is 0 Å². The first-order chi connectivity index (χ1) is 11.5. The number of anilines is 1. The number of thiazole rings is 1. The molecule has 1 atom stereocenters. The monoisotopic (exact) mass is 344 g/mol. The number of benzene rings is 1. The molecule has 3 N–H and O–H groups in total. The van der Waals surface area contributed by atoms with Gasteiger partial charge in [-0.25, -0.2) is 4.98 Å². The molecule has 0 radical (unpaired) electrons. The summed E-state index contributed by atoms with van der Waals surface area (Å²) in [6, 6.07) is 8.37. The highest BCUT2D eigenvalue weighted by Crippen LogP contribution is 2.22. The smallest absolute Gasteiger partial charge is 0.239 e. The minimum atomic E-state index is -0.510. The van der Waals surface area contributed by atoms with E-state index in [4.69, 9.17) is 5.26 Å². The van der Waals surface area contributed by atoms with Crippen molar-refractivity contribution in [3.8, 4) is 6.07 Å². The molecular weight excluding hydrogens is 324 g/mol. The Morgan fingerprint density at radius 2 is 2.08 bits per heavy atom. The highest BCUT2D eigenvalue weighted by Gasteiger charge is 2.17. The van der Waals surface area contributed by atoms with Crippen molar-refractivity contribution in [1.82, 2.24) is 10.3 Å². The maximum absolute atomic E-state index is 12.1. The molecule has 0 spiro atoms. The van der Waals surface area contributed by atoms with Crippen molar-refractivity contribution in [2.24, 2.45) is 0 Å². The number of carbonyl (C=O) groups is 1. The molecule has 0 bridgehead atoms. The molecule has 2 aromatic rings. The quantitative estimate of drug-likeness (QED) is 0.716. The number of aliphatic hydroxyl groups is 1. The third kappa shape index (κ3) is 4.78. The topological polar surface area (TPSA) is 98.0 Å². The lowest BCUT2D eigenvalue weighted by Crippen LogP contribution is -2.35. The zero-order valence-corrected chi connectivity index (χ0v) is 14.4. The highest BCUT2D eigenvalue weighted by atomic mass is 32.1. The van der Waals surface area contributed by atoms with E-state index in [-0.39, 0.29) is 19.1 Å². The van der Waals surface area contributed by atoms with Crippen molar-refractivity contribution in [1.29, 1.82) is 5.26 Å². The molecule has 126 valence electrons. The number of aliphatic hydroxyl groups excluding tert-OH is 1. The first-order valence-corrected chi connectivity index (χ1v) is 8.51. The van der Waals surface area contributed by atoms with Crippen LogP contribution in [0.2, 0.25) is 0 Å². The van der Waals surface area contributed by atoms with Crippen molar-refractivity contribution in [2.45, 2.75) is 25.8 Å². The van der Waals surface area contributed by atoms with Gasteiger partial charge >= 0.3 is 0 Å². The Morgan fingerprint density at radius 1 is 1.38 bits per heavy atom. The molecule has 2 rings (SSSR count). The van der Waals surface area contributed by atoms with E-state index in [0.717, 1.165) is 10.7 Å². The van der Waals surface area contributed by atoms with Gasteiger partial charge in [-0.2, -0.15) is 5.26 Å². The molecule has 7 heteroatoms. The second-order valence-electron chi connectivity index (χ2n) is 5.61. The molecule has 0 saturated carbocycles. The Bertz CT molecular complexity index is 719. The molecule has 0 fully saturated rings. The van der Waals surface area contributed by atoms with Gasteiger partial charge in [-0.3, -0.25) is 4.79 Å². The van der Waals surface area contributed by atoms with Crippen LogP contribution in [0.3, 0.4) is 0 Å². The molecule has 0 aliphatic rings. The van der Waals surface area contributed by atoms with Crippen molar-refractivity contribution >= 4 is 22.9 Å². The summed E-state index contributed by atoms with van der Waals surface area (Å²) in [7, 11) is 0. The molecule has 1 heterocycles. The Morgan fingerprint density at radius 3 is 2.62 bits per heavy atom. The highest BCUT2D eigenvalue weighted by molar-refractivity contribution is 7.09. The summed E-state index contributed by atoms with van der Waals surface area (Å²) in [6.45, 7) is 3.97. The SMILES string of the molecule is CC(C)c1nc([C@H](CO)NC(=O)CNc2ccc(C#N)cc2)cs1. The van der Waals surface area contributed by atoms with Crippen LogP contribution >= 0.6 is 11.3 Å². The zero-order chi connectivity index (χ0) is 17.5. The van der Waals surface area contributed by atoms with Gasteiger partial charge in [-0.15, -0.1) is 11.3 Å². The fourth-order valence-corrected chi connectivity index (χ4v) is 2.92. The lowest BCUT2D eigenvalue weighted by Gasteiger charge is -2.15. The van der Waals surface area contributed by atoms with E-state index in [1.807, 2.05) is 11.4 Å². The molecular formula is C17H20N4O2S. The number of carbonyl (C=O) groups excluding carboxylic acids is 1. The van der Waals surface area contributed by atoms with E-state index in [1.54, 1.807) is 24.3 Å². The second kappa shape index (κ2) is 8.43. The van der Waals surface area contributed by atoms with Crippen LogP contribution in [0.4, 0.5) is 5.69 Å². The number of rotatable bonds is 7. The number of nitrogens with zero attached hydrogens (tertiary/aromatic N) is 2. The van der Waals surface area contributed by atoms with Crippen LogP contribution in [0.15, 0.2) is 29.6 Å². The predicted molar refractivity (Wildman–Crippen MR) is 93.8 cm³/mol. The number of aromatic nitrogens is 1. The molecule has 1 aromatic heterocycles. The Kier molecular flexibility index (Phi) is 6.29. The summed E-state index contributed by atoms with van der Waals surface area (Å²) in [5.74, 6) is 0.0781. The predicted octanol–water partition coefficient (Wildman–Crippen LogP) is 2.40. The van der Waals surface area contributed by atoms with Crippen molar-refractivity contribution in [3.63, 3.8) is 0 Å². The van der Waals surface area contributed by atoms with Gasteiger partial charge in [-0.1, -0.05) is 13.8 Å². The largest absolute Gasteiger partial charge is 0.394 e. The first-order valence-electron chi connectivity index (χ1n) is 7.63. The zero-order valence-electron chi connectivity index (χ0n) is 13.6. The summed E-state index contributed by atoms with van der Waals surface area (Å²) in [5, 5.41) is 26.9. The number of hydrogen-bond donors (Lipinski definition) is 3. The van der Waals surface area contributed by atoms with Gasteiger partial charge < -0.3 is 15.7 Å². The number of nitrogens with one attached hydrogen (secondary N) is 2. The van der Waals surface area contributed by atoms with Gasteiger partial charge in [0, 0.05) is 17.0 Å². The van der Waals surface area contributed by atoms with Crippen LogP contribution in [0, 0.1) is 11.3 Å². The molecule has 1 aromatic carbocycles. The fourth-order valence-electron chi connectivity index (χ4n) is 2.03. The maximum Gasteiger partial charge on any atom is 0.239 e. The Hall–Kier alpha value is -2.43. The van der Waals surface area contributed by atoms with Gasteiger partial charge in [0.15, 0.2) is 0 Å². The van der Waals surface area contributed by atoms with Gasteiger partial charge in [0.05, 0.1) is 41.5 Å². The van der Waals surface area contributed by atoms with Crippen molar-refractivity contribution in [2.75, 3.05) is 18.5 Å². The summed E-state index contributed by atoms with van der Waals surface area (Å²) >= 11 is 1.53. The standard InChI is InChI=1S/C17H20N4O2S/c1-11(2)17-21-15(10-24-17)14(9-22)20-16(23)8-19-13-5-3-12(7-18)4-6-13/h3-6,10-11,14,19,22H,8-9H2,1-2H3,(H,20,23)/t14-/m0/s1. The molecule has 1 amide bonds. The van der Waals surface area contributed by atoms with Crippen LogP contribution in [0.5, 0.6) is 0 Å². The van der Waals surface area contributed by atoms with Crippen LogP contribution in [0.1, 0.15) is 42.1 Å². The summed E-state index contributed by atoms with van der Waals surface area (Å²) in [5.41, 5.74) is 1.99. The summed E-state index contributed by atoms with van der Waals surface area (Å²) in [6.07, 6.45) is 0. The van der Waals surface area contributed by atoms with Crippen LogP contribution in [0.25, 0.3) is 0 Å². The summed E-state index contributed by atoms with van der Waals surface area (Å²) in [4.78, 5) is 16.5. The number of amides is 1. The molecule has 0 saturated heterocycles. The van der Waals surface area contributed by atoms with E-state index in [9.17, 15) is 9.90 Å². The third-order valence-corrected chi connectivity index (χ3v) is 4.54. The van der Waals surface area contributed by atoms with Crippen LogP contribution < -0.4 is 10.6 Å². The maximum atomic E-state index is 12.1. The number of nitriles is 1.